The van der Waals surface area contributed by atoms with E-state index in [0.29, 0.717) is 39.7 Å². The van der Waals surface area contributed by atoms with Crippen molar-refractivity contribution in [1.82, 2.24) is 0 Å². The van der Waals surface area contributed by atoms with Gasteiger partial charge in [0.1, 0.15) is 29.3 Å². The van der Waals surface area contributed by atoms with Gasteiger partial charge in [-0.3, -0.25) is 0 Å². The standard InChI is InChI=1S/C15H15ClO4/c1-4-18-15(17)14-10(3)20-13-6-5-11(7-12(13)14)19-8-9(2)16/h5-7H,2,4,8H2,1,3H3. The quantitative estimate of drug-likeness (QED) is 0.781. The topological polar surface area (TPSA) is 48.7 Å². The smallest absolute Gasteiger partial charge is 0.342 e. The molecule has 1 aromatic heterocycles. The van der Waals surface area contributed by atoms with Crippen LogP contribution in [0.5, 0.6) is 5.75 Å². The Morgan fingerprint density at radius 2 is 2.20 bits per heavy atom. The normalized spacial score (nSPS) is 10.6. The first-order valence-corrected chi connectivity index (χ1v) is 6.57. The molecule has 0 unspecified atom stereocenters. The van der Waals surface area contributed by atoms with Crippen LogP contribution in [0.25, 0.3) is 11.0 Å². The van der Waals surface area contributed by atoms with Crippen molar-refractivity contribution in [2.75, 3.05) is 13.2 Å². The number of benzene rings is 1. The van der Waals surface area contributed by atoms with Crippen LogP contribution in [0.1, 0.15) is 23.0 Å². The van der Waals surface area contributed by atoms with Gasteiger partial charge in [0.05, 0.1) is 6.61 Å². The van der Waals surface area contributed by atoms with Gasteiger partial charge in [-0.1, -0.05) is 18.2 Å². The number of fused-ring (bicyclic) bond motifs is 1. The largest absolute Gasteiger partial charge is 0.488 e. The van der Waals surface area contributed by atoms with Gasteiger partial charge in [-0.25, -0.2) is 4.79 Å². The molecule has 0 spiro atoms. The lowest BCUT2D eigenvalue weighted by molar-refractivity contribution is 0.0526. The van der Waals surface area contributed by atoms with Crippen molar-refractivity contribution in [3.8, 4) is 5.75 Å². The number of hydrogen-bond donors (Lipinski definition) is 0. The Morgan fingerprint density at radius 1 is 1.45 bits per heavy atom. The first kappa shape index (κ1) is 14.5. The average Bonchev–Trinajstić information content (AvgIpc) is 2.71. The third-order valence-electron chi connectivity index (χ3n) is 2.71. The predicted molar refractivity (Wildman–Crippen MR) is 77.4 cm³/mol. The highest BCUT2D eigenvalue weighted by atomic mass is 35.5. The van der Waals surface area contributed by atoms with Crippen molar-refractivity contribution in [2.24, 2.45) is 0 Å². The van der Waals surface area contributed by atoms with Crippen molar-refractivity contribution in [1.29, 1.82) is 0 Å². The molecule has 106 valence electrons. The zero-order valence-electron chi connectivity index (χ0n) is 11.4. The molecule has 2 rings (SSSR count). The number of aryl methyl sites for hydroxylation is 1. The summed E-state index contributed by atoms with van der Waals surface area (Å²) in [6.45, 7) is 7.56. The molecule has 20 heavy (non-hydrogen) atoms. The third kappa shape index (κ3) is 2.96. The summed E-state index contributed by atoms with van der Waals surface area (Å²) >= 11 is 5.66. The molecule has 2 aromatic rings. The van der Waals surface area contributed by atoms with Gasteiger partial charge in [-0.05, 0) is 32.0 Å². The summed E-state index contributed by atoms with van der Waals surface area (Å²) in [5.41, 5.74) is 1.04. The molecule has 1 aromatic carbocycles. The molecule has 0 saturated heterocycles. The van der Waals surface area contributed by atoms with E-state index in [1.807, 2.05) is 0 Å². The summed E-state index contributed by atoms with van der Waals surface area (Å²) < 4.78 is 16.0. The van der Waals surface area contributed by atoms with E-state index in [4.69, 9.17) is 25.5 Å². The van der Waals surface area contributed by atoms with Gasteiger partial charge in [0, 0.05) is 10.4 Å². The lowest BCUT2D eigenvalue weighted by Crippen LogP contribution is -2.05. The van der Waals surface area contributed by atoms with Crippen molar-refractivity contribution in [3.05, 3.63) is 41.1 Å². The Hall–Kier alpha value is -1.94. The third-order valence-corrected chi connectivity index (χ3v) is 2.82. The van der Waals surface area contributed by atoms with E-state index in [-0.39, 0.29) is 6.61 Å². The first-order chi connectivity index (χ1) is 9.52. The summed E-state index contributed by atoms with van der Waals surface area (Å²) in [6, 6.07) is 5.23. The van der Waals surface area contributed by atoms with Crippen LogP contribution in [0.2, 0.25) is 0 Å². The fourth-order valence-electron chi connectivity index (χ4n) is 1.91. The van der Waals surface area contributed by atoms with Gasteiger partial charge in [0.2, 0.25) is 0 Å². The second-order valence-electron chi connectivity index (χ2n) is 4.22. The lowest BCUT2D eigenvalue weighted by atomic mass is 10.1. The van der Waals surface area contributed by atoms with Crippen LogP contribution >= 0.6 is 11.6 Å². The van der Waals surface area contributed by atoms with Gasteiger partial charge in [0.15, 0.2) is 0 Å². The molecule has 0 aliphatic carbocycles. The van der Waals surface area contributed by atoms with Crippen LogP contribution in [0, 0.1) is 6.92 Å². The van der Waals surface area contributed by atoms with E-state index in [0.717, 1.165) is 0 Å². The van der Waals surface area contributed by atoms with E-state index in [1.165, 1.54) is 0 Å². The number of esters is 1. The van der Waals surface area contributed by atoms with Crippen LogP contribution in [0.3, 0.4) is 0 Å². The fraction of sp³-hybridized carbons (Fsp3) is 0.267. The van der Waals surface area contributed by atoms with E-state index in [1.54, 1.807) is 32.0 Å². The van der Waals surface area contributed by atoms with Gasteiger partial charge < -0.3 is 13.9 Å². The molecular formula is C15H15ClO4. The highest BCUT2D eigenvalue weighted by Crippen LogP contribution is 2.29. The number of halogens is 1. The average molecular weight is 295 g/mol. The molecule has 0 bridgehead atoms. The minimum absolute atomic E-state index is 0.207. The molecule has 0 aliphatic rings. The molecule has 0 amide bonds. The fourth-order valence-corrected chi connectivity index (χ4v) is 1.96. The number of carbonyl (C=O) groups is 1. The molecule has 1 heterocycles. The zero-order chi connectivity index (χ0) is 14.7. The van der Waals surface area contributed by atoms with Crippen molar-refractivity contribution < 1.29 is 18.7 Å². The minimum Gasteiger partial charge on any atom is -0.488 e. The zero-order valence-corrected chi connectivity index (χ0v) is 12.1. The van der Waals surface area contributed by atoms with E-state index < -0.39 is 5.97 Å². The van der Waals surface area contributed by atoms with Crippen LogP contribution in [0.4, 0.5) is 0 Å². The summed E-state index contributed by atoms with van der Waals surface area (Å²) in [7, 11) is 0. The Bertz CT molecular complexity index is 657. The van der Waals surface area contributed by atoms with Crippen molar-refractivity contribution in [2.45, 2.75) is 13.8 Å². The van der Waals surface area contributed by atoms with E-state index in [2.05, 4.69) is 6.58 Å². The van der Waals surface area contributed by atoms with Gasteiger partial charge in [-0.2, -0.15) is 0 Å². The monoisotopic (exact) mass is 294 g/mol. The maximum Gasteiger partial charge on any atom is 0.342 e. The molecule has 0 N–H and O–H groups in total. The highest BCUT2D eigenvalue weighted by Gasteiger charge is 2.19. The lowest BCUT2D eigenvalue weighted by Gasteiger charge is -2.05. The van der Waals surface area contributed by atoms with Crippen LogP contribution < -0.4 is 4.74 Å². The number of furan rings is 1. The van der Waals surface area contributed by atoms with Gasteiger partial charge in [0.25, 0.3) is 0 Å². The van der Waals surface area contributed by atoms with Gasteiger partial charge in [-0.15, -0.1) is 0 Å². The Balaban J connectivity index is 2.41. The molecule has 4 nitrogen and oxygen atoms in total. The van der Waals surface area contributed by atoms with E-state index in [9.17, 15) is 4.79 Å². The Labute approximate surface area is 121 Å². The molecule has 0 fully saturated rings. The summed E-state index contributed by atoms with van der Waals surface area (Å²) in [6.07, 6.45) is 0. The Kier molecular flexibility index (Phi) is 4.35. The molecular weight excluding hydrogens is 280 g/mol. The minimum atomic E-state index is -0.400. The number of carbonyl (C=O) groups excluding carboxylic acids is 1. The highest BCUT2D eigenvalue weighted by molar-refractivity contribution is 6.29. The Morgan fingerprint density at radius 3 is 2.85 bits per heavy atom. The molecule has 0 saturated carbocycles. The van der Waals surface area contributed by atoms with Crippen LogP contribution in [-0.2, 0) is 4.74 Å². The summed E-state index contributed by atoms with van der Waals surface area (Å²) in [5, 5.41) is 1.07. The number of rotatable bonds is 5. The van der Waals surface area contributed by atoms with E-state index >= 15 is 0 Å². The molecule has 0 radical (unpaired) electrons. The van der Waals surface area contributed by atoms with Crippen LogP contribution in [-0.4, -0.2) is 19.2 Å². The molecule has 0 aliphatic heterocycles. The maximum absolute atomic E-state index is 12.0. The second-order valence-corrected chi connectivity index (χ2v) is 4.75. The van der Waals surface area contributed by atoms with Crippen molar-refractivity contribution in [3.63, 3.8) is 0 Å². The van der Waals surface area contributed by atoms with Crippen molar-refractivity contribution >= 4 is 28.5 Å². The SMILES string of the molecule is C=C(Cl)COc1ccc2oc(C)c(C(=O)OCC)c2c1. The summed E-state index contributed by atoms with van der Waals surface area (Å²) in [4.78, 5) is 12.0. The first-order valence-electron chi connectivity index (χ1n) is 6.19. The molecule has 0 atom stereocenters. The second kappa shape index (κ2) is 6.01. The van der Waals surface area contributed by atoms with Gasteiger partial charge >= 0.3 is 5.97 Å². The van der Waals surface area contributed by atoms with Crippen LogP contribution in [0.15, 0.2) is 34.2 Å². The summed E-state index contributed by atoms with van der Waals surface area (Å²) in [5.74, 6) is 0.714. The maximum atomic E-state index is 12.0. The predicted octanol–water partition coefficient (Wildman–Crippen LogP) is 4.05. The number of ether oxygens (including phenoxy) is 2. The molecule has 5 heteroatoms. The number of hydrogen-bond acceptors (Lipinski definition) is 4.